The third kappa shape index (κ3) is 4.97. The molecule has 1 aliphatic carbocycles. The molecule has 3 rings (SSSR count). The molecule has 1 unspecified atom stereocenters. The lowest BCUT2D eigenvalue weighted by molar-refractivity contribution is -0.111. The van der Waals surface area contributed by atoms with Gasteiger partial charge in [0.25, 0.3) is 0 Å². The van der Waals surface area contributed by atoms with Crippen LogP contribution in [0.1, 0.15) is 63.9 Å². The van der Waals surface area contributed by atoms with Crippen molar-refractivity contribution in [2.45, 2.75) is 70.0 Å². The van der Waals surface area contributed by atoms with Gasteiger partial charge in [-0.3, -0.25) is 4.99 Å². The summed E-state index contributed by atoms with van der Waals surface area (Å²) in [4.78, 5) is 4.68. The summed E-state index contributed by atoms with van der Waals surface area (Å²) in [5.41, 5.74) is 1.26. The van der Waals surface area contributed by atoms with Crippen LogP contribution in [-0.2, 0) is 10.3 Å². The minimum absolute atomic E-state index is 0. The standard InChI is InChI=1S/C20H30N2O.ClH/c1-17(16-19-21-14-8-9-15-22-19)23-20(12-6-3-7-13-20)18-10-4-2-5-11-18;/h2,4-5,10-11,17H,3,6-9,12-16H2,1H3,(H,21,22);1H. The number of halogens is 1. The van der Waals surface area contributed by atoms with Crippen molar-refractivity contribution in [1.29, 1.82) is 0 Å². The fourth-order valence-corrected chi connectivity index (χ4v) is 3.91. The molecule has 1 N–H and O–H groups in total. The normalized spacial score (nSPS) is 21.6. The van der Waals surface area contributed by atoms with E-state index >= 15 is 0 Å². The van der Waals surface area contributed by atoms with E-state index in [1.165, 1.54) is 37.7 Å². The summed E-state index contributed by atoms with van der Waals surface area (Å²) in [6.45, 7) is 4.21. The van der Waals surface area contributed by atoms with Crippen molar-refractivity contribution in [3.8, 4) is 0 Å². The maximum absolute atomic E-state index is 6.69. The first kappa shape index (κ1) is 19.3. The first-order valence-corrected chi connectivity index (χ1v) is 9.29. The Morgan fingerprint density at radius 3 is 2.58 bits per heavy atom. The van der Waals surface area contributed by atoms with Gasteiger partial charge in [-0.1, -0.05) is 49.6 Å². The second-order valence-corrected chi connectivity index (χ2v) is 7.02. The van der Waals surface area contributed by atoms with E-state index in [4.69, 9.17) is 4.74 Å². The SMILES string of the molecule is CC(CC1=NCCCCN1)OC1(c2ccccc2)CCCCC1.Cl. The lowest BCUT2D eigenvalue weighted by Crippen LogP contribution is -2.37. The van der Waals surface area contributed by atoms with Gasteiger partial charge in [-0.2, -0.15) is 0 Å². The number of hydrogen-bond acceptors (Lipinski definition) is 3. The quantitative estimate of drug-likeness (QED) is 0.823. The average molecular weight is 351 g/mol. The minimum atomic E-state index is -0.0930. The van der Waals surface area contributed by atoms with Crippen molar-refractivity contribution in [3.05, 3.63) is 35.9 Å². The molecule has 1 saturated carbocycles. The van der Waals surface area contributed by atoms with Crippen LogP contribution in [0.25, 0.3) is 0 Å². The Bertz CT molecular complexity index is 512. The molecule has 24 heavy (non-hydrogen) atoms. The second-order valence-electron chi connectivity index (χ2n) is 7.02. The maximum atomic E-state index is 6.69. The van der Waals surface area contributed by atoms with Gasteiger partial charge in [0.2, 0.25) is 0 Å². The number of nitrogens with one attached hydrogen (secondary N) is 1. The van der Waals surface area contributed by atoms with Gasteiger partial charge in [-0.25, -0.2) is 0 Å². The summed E-state index contributed by atoms with van der Waals surface area (Å²) in [6.07, 6.45) is 9.65. The Balaban J connectivity index is 0.00000208. The van der Waals surface area contributed by atoms with Gasteiger partial charge in [-0.05, 0) is 38.2 Å². The average Bonchev–Trinajstić information content (AvgIpc) is 2.85. The molecule has 1 aromatic carbocycles. The Hall–Kier alpha value is -1.06. The van der Waals surface area contributed by atoms with Crippen LogP contribution in [0.5, 0.6) is 0 Å². The predicted molar refractivity (Wildman–Crippen MR) is 103 cm³/mol. The summed E-state index contributed by atoms with van der Waals surface area (Å²) < 4.78 is 6.69. The van der Waals surface area contributed by atoms with Crippen LogP contribution < -0.4 is 5.32 Å². The van der Waals surface area contributed by atoms with E-state index in [9.17, 15) is 0 Å². The highest BCUT2D eigenvalue weighted by molar-refractivity contribution is 5.85. The summed E-state index contributed by atoms with van der Waals surface area (Å²) in [6, 6.07) is 10.8. The summed E-state index contributed by atoms with van der Waals surface area (Å²) >= 11 is 0. The van der Waals surface area contributed by atoms with Gasteiger partial charge in [0.15, 0.2) is 0 Å². The number of ether oxygens (including phenoxy) is 1. The van der Waals surface area contributed by atoms with Crippen LogP contribution in [-0.4, -0.2) is 25.0 Å². The largest absolute Gasteiger partial charge is 0.374 e. The Labute approximate surface area is 152 Å². The van der Waals surface area contributed by atoms with Crippen molar-refractivity contribution in [2.75, 3.05) is 13.1 Å². The van der Waals surface area contributed by atoms with Crippen molar-refractivity contribution in [2.24, 2.45) is 4.99 Å². The van der Waals surface area contributed by atoms with E-state index in [-0.39, 0.29) is 24.1 Å². The molecule has 1 atom stereocenters. The van der Waals surface area contributed by atoms with Crippen molar-refractivity contribution >= 4 is 18.2 Å². The number of rotatable bonds is 5. The molecule has 1 fully saturated rings. The lowest BCUT2D eigenvalue weighted by atomic mass is 9.79. The summed E-state index contributed by atoms with van der Waals surface area (Å²) in [5, 5.41) is 3.47. The van der Waals surface area contributed by atoms with E-state index < -0.39 is 0 Å². The van der Waals surface area contributed by atoms with Crippen LogP contribution in [0.2, 0.25) is 0 Å². The van der Waals surface area contributed by atoms with Crippen LogP contribution in [0.15, 0.2) is 35.3 Å². The van der Waals surface area contributed by atoms with E-state index in [1.54, 1.807) is 0 Å². The third-order valence-electron chi connectivity index (χ3n) is 5.09. The van der Waals surface area contributed by atoms with Gasteiger partial charge >= 0.3 is 0 Å². The third-order valence-corrected chi connectivity index (χ3v) is 5.09. The molecule has 3 nitrogen and oxygen atoms in total. The molecule has 0 radical (unpaired) electrons. The highest BCUT2D eigenvalue weighted by Crippen LogP contribution is 2.41. The molecule has 1 heterocycles. The van der Waals surface area contributed by atoms with Crippen molar-refractivity contribution < 1.29 is 4.74 Å². The van der Waals surface area contributed by atoms with Gasteiger partial charge in [0.1, 0.15) is 0 Å². The Morgan fingerprint density at radius 2 is 1.83 bits per heavy atom. The van der Waals surface area contributed by atoms with Crippen LogP contribution in [0, 0.1) is 0 Å². The second kappa shape index (κ2) is 9.43. The smallest absolute Gasteiger partial charge is 0.0989 e. The van der Waals surface area contributed by atoms with Crippen molar-refractivity contribution in [1.82, 2.24) is 5.32 Å². The van der Waals surface area contributed by atoms with Crippen LogP contribution in [0.3, 0.4) is 0 Å². The molecule has 0 aromatic heterocycles. The van der Waals surface area contributed by atoms with E-state index in [0.717, 1.165) is 38.2 Å². The zero-order chi connectivity index (χ0) is 16.0. The number of nitrogens with zero attached hydrogens (tertiary/aromatic N) is 1. The minimum Gasteiger partial charge on any atom is -0.374 e. The first-order valence-electron chi connectivity index (χ1n) is 9.29. The molecular formula is C20H31ClN2O. The fraction of sp³-hybridized carbons (Fsp3) is 0.650. The number of hydrogen-bond donors (Lipinski definition) is 1. The molecular weight excluding hydrogens is 320 g/mol. The van der Waals surface area contributed by atoms with E-state index in [2.05, 4.69) is 47.6 Å². The molecule has 1 aromatic rings. The molecule has 4 heteroatoms. The molecule has 134 valence electrons. The maximum Gasteiger partial charge on any atom is 0.0989 e. The molecule has 0 saturated heterocycles. The highest BCUT2D eigenvalue weighted by atomic mass is 35.5. The van der Waals surface area contributed by atoms with Crippen LogP contribution >= 0.6 is 12.4 Å². The monoisotopic (exact) mass is 350 g/mol. The van der Waals surface area contributed by atoms with Gasteiger partial charge in [-0.15, -0.1) is 12.4 Å². The lowest BCUT2D eigenvalue weighted by Gasteiger charge is -2.40. The molecule has 0 bridgehead atoms. The first-order chi connectivity index (χ1) is 11.3. The van der Waals surface area contributed by atoms with Gasteiger partial charge in [0.05, 0.1) is 17.5 Å². The van der Waals surface area contributed by atoms with Crippen LogP contribution in [0.4, 0.5) is 0 Å². The number of amidine groups is 1. The Morgan fingerprint density at radius 1 is 1.08 bits per heavy atom. The zero-order valence-electron chi connectivity index (χ0n) is 14.8. The molecule has 2 aliphatic rings. The van der Waals surface area contributed by atoms with Gasteiger partial charge < -0.3 is 10.1 Å². The van der Waals surface area contributed by atoms with E-state index in [1.807, 2.05) is 0 Å². The summed E-state index contributed by atoms with van der Waals surface area (Å²) in [7, 11) is 0. The van der Waals surface area contributed by atoms with E-state index in [0.29, 0.717) is 0 Å². The topological polar surface area (TPSA) is 33.6 Å². The van der Waals surface area contributed by atoms with Gasteiger partial charge in [0, 0.05) is 19.5 Å². The fourth-order valence-electron chi connectivity index (χ4n) is 3.91. The molecule has 1 aliphatic heterocycles. The highest BCUT2D eigenvalue weighted by Gasteiger charge is 2.36. The molecule has 0 amide bonds. The summed E-state index contributed by atoms with van der Waals surface area (Å²) in [5.74, 6) is 1.13. The number of aliphatic imine (C=N–C) groups is 1. The number of benzene rings is 1. The van der Waals surface area contributed by atoms with Crippen molar-refractivity contribution in [3.63, 3.8) is 0 Å². The Kier molecular flexibility index (Phi) is 7.57. The zero-order valence-corrected chi connectivity index (χ0v) is 15.6. The molecule has 0 spiro atoms. The predicted octanol–water partition coefficient (Wildman–Crippen LogP) is 4.84.